The van der Waals surface area contributed by atoms with Gasteiger partial charge >= 0.3 is 0 Å². The van der Waals surface area contributed by atoms with Crippen LogP contribution in [0.5, 0.6) is 5.75 Å². The van der Waals surface area contributed by atoms with Gasteiger partial charge in [0.25, 0.3) is 0 Å². The SMILES string of the molecule is CCCCNC(=O)[C@@H]1CCCN(c2nc(Cc3cccc(OC)c3)ns2)C1. The molecule has 1 amide bonds. The standard InChI is InChI=1S/C20H28N4O2S/c1-3-4-10-21-19(25)16-8-6-11-24(14-16)20-22-18(23-27-20)13-15-7-5-9-17(12-15)26-2/h5,7,9,12,16H,3-4,6,8,10-11,13-14H2,1-2H3,(H,21,25)/t16-/m1/s1. The van der Waals surface area contributed by atoms with Gasteiger partial charge in [-0.3, -0.25) is 4.79 Å². The summed E-state index contributed by atoms with van der Waals surface area (Å²) >= 11 is 1.42. The van der Waals surface area contributed by atoms with Crippen molar-refractivity contribution in [3.05, 3.63) is 35.7 Å². The number of nitrogens with zero attached hydrogens (tertiary/aromatic N) is 3. The molecule has 1 aromatic carbocycles. The largest absolute Gasteiger partial charge is 0.497 e. The molecule has 1 fully saturated rings. The molecule has 6 nitrogen and oxygen atoms in total. The predicted octanol–water partition coefficient (Wildman–Crippen LogP) is 3.27. The molecule has 1 aliphatic rings. The zero-order valence-corrected chi connectivity index (χ0v) is 16.9. The Bertz CT molecular complexity index is 749. The minimum atomic E-state index is 0.0429. The maximum Gasteiger partial charge on any atom is 0.224 e. The molecule has 0 bridgehead atoms. The van der Waals surface area contributed by atoms with Crippen molar-refractivity contribution in [2.75, 3.05) is 31.6 Å². The van der Waals surface area contributed by atoms with Crippen LogP contribution in [0.25, 0.3) is 0 Å². The Balaban J connectivity index is 1.59. The fourth-order valence-electron chi connectivity index (χ4n) is 3.31. The quantitative estimate of drug-likeness (QED) is 0.703. The minimum Gasteiger partial charge on any atom is -0.497 e. The van der Waals surface area contributed by atoms with Crippen molar-refractivity contribution < 1.29 is 9.53 Å². The first kappa shape index (κ1) is 19.6. The van der Waals surface area contributed by atoms with Crippen LogP contribution in [0.2, 0.25) is 0 Å². The van der Waals surface area contributed by atoms with Gasteiger partial charge in [0.1, 0.15) is 11.6 Å². The molecule has 1 aliphatic heterocycles. The number of unbranched alkanes of at least 4 members (excludes halogenated alkanes) is 1. The van der Waals surface area contributed by atoms with Crippen LogP contribution in [-0.2, 0) is 11.2 Å². The van der Waals surface area contributed by atoms with E-state index in [9.17, 15) is 4.79 Å². The third-order valence-electron chi connectivity index (χ3n) is 4.85. The van der Waals surface area contributed by atoms with E-state index in [1.165, 1.54) is 11.5 Å². The zero-order chi connectivity index (χ0) is 19.1. The number of hydrogen-bond donors (Lipinski definition) is 1. The highest BCUT2D eigenvalue weighted by Gasteiger charge is 2.27. The van der Waals surface area contributed by atoms with Crippen molar-refractivity contribution in [1.29, 1.82) is 0 Å². The molecule has 1 aromatic heterocycles. The Morgan fingerprint density at radius 1 is 1.44 bits per heavy atom. The smallest absolute Gasteiger partial charge is 0.224 e. The van der Waals surface area contributed by atoms with Crippen LogP contribution in [0.3, 0.4) is 0 Å². The molecule has 3 rings (SSSR count). The van der Waals surface area contributed by atoms with Gasteiger partial charge in [0.05, 0.1) is 13.0 Å². The lowest BCUT2D eigenvalue weighted by molar-refractivity contribution is -0.125. The molecular weight excluding hydrogens is 360 g/mol. The number of rotatable bonds is 8. The van der Waals surface area contributed by atoms with Crippen molar-refractivity contribution in [2.24, 2.45) is 5.92 Å². The Hall–Kier alpha value is -2.15. The third-order valence-corrected chi connectivity index (χ3v) is 5.66. The Labute approximate surface area is 165 Å². The van der Waals surface area contributed by atoms with Gasteiger partial charge in [0, 0.05) is 37.6 Å². The van der Waals surface area contributed by atoms with Gasteiger partial charge in [0.15, 0.2) is 0 Å². The fraction of sp³-hybridized carbons (Fsp3) is 0.550. The molecule has 0 aliphatic carbocycles. The number of anilines is 1. The van der Waals surface area contributed by atoms with Crippen LogP contribution < -0.4 is 15.0 Å². The summed E-state index contributed by atoms with van der Waals surface area (Å²) in [6.45, 7) is 4.57. The highest BCUT2D eigenvalue weighted by Crippen LogP contribution is 2.26. The summed E-state index contributed by atoms with van der Waals surface area (Å²) in [6, 6.07) is 7.98. The first-order valence-corrected chi connectivity index (χ1v) is 10.4. The summed E-state index contributed by atoms with van der Waals surface area (Å²) in [5.41, 5.74) is 1.13. The number of aromatic nitrogens is 2. The Morgan fingerprint density at radius 2 is 2.33 bits per heavy atom. The molecule has 146 valence electrons. The van der Waals surface area contributed by atoms with E-state index in [2.05, 4.69) is 27.6 Å². The second-order valence-electron chi connectivity index (χ2n) is 6.95. The van der Waals surface area contributed by atoms with E-state index >= 15 is 0 Å². The van der Waals surface area contributed by atoms with Gasteiger partial charge in [-0.25, -0.2) is 4.98 Å². The van der Waals surface area contributed by atoms with Crippen molar-refractivity contribution in [1.82, 2.24) is 14.7 Å². The highest BCUT2D eigenvalue weighted by molar-refractivity contribution is 7.09. The van der Waals surface area contributed by atoms with E-state index in [0.29, 0.717) is 6.42 Å². The second kappa shape index (κ2) is 9.69. The fourth-order valence-corrected chi connectivity index (χ4v) is 4.03. The van der Waals surface area contributed by atoms with E-state index in [-0.39, 0.29) is 11.8 Å². The molecule has 7 heteroatoms. The lowest BCUT2D eigenvalue weighted by Crippen LogP contribution is -2.43. The monoisotopic (exact) mass is 388 g/mol. The number of hydrogen-bond acceptors (Lipinski definition) is 6. The van der Waals surface area contributed by atoms with Gasteiger partial charge < -0.3 is 15.0 Å². The number of carbonyl (C=O) groups excluding carboxylic acids is 1. The predicted molar refractivity (Wildman–Crippen MR) is 109 cm³/mol. The Kier molecular flexibility index (Phi) is 7.04. The average Bonchev–Trinajstić information content (AvgIpc) is 3.17. The molecule has 0 saturated carbocycles. The molecule has 0 unspecified atom stereocenters. The van der Waals surface area contributed by atoms with E-state index < -0.39 is 0 Å². The van der Waals surface area contributed by atoms with Crippen LogP contribution >= 0.6 is 11.5 Å². The van der Waals surface area contributed by atoms with Gasteiger partial charge in [-0.1, -0.05) is 25.5 Å². The zero-order valence-electron chi connectivity index (χ0n) is 16.1. The first-order valence-electron chi connectivity index (χ1n) is 9.67. The topological polar surface area (TPSA) is 67.4 Å². The third kappa shape index (κ3) is 5.42. The van der Waals surface area contributed by atoms with Crippen LogP contribution in [-0.4, -0.2) is 42.0 Å². The van der Waals surface area contributed by atoms with Crippen molar-refractivity contribution in [3.63, 3.8) is 0 Å². The molecule has 1 saturated heterocycles. The molecule has 27 heavy (non-hydrogen) atoms. The van der Waals surface area contributed by atoms with Gasteiger partial charge in [0.2, 0.25) is 11.0 Å². The van der Waals surface area contributed by atoms with Crippen molar-refractivity contribution in [2.45, 2.75) is 39.0 Å². The van der Waals surface area contributed by atoms with E-state index in [1.54, 1.807) is 7.11 Å². The van der Waals surface area contributed by atoms with E-state index in [1.807, 2.05) is 18.2 Å². The van der Waals surface area contributed by atoms with E-state index in [0.717, 1.165) is 67.6 Å². The number of methoxy groups -OCH3 is 1. The number of nitrogens with one attached hydrogen (secondary N) is 1. The van der Waals surface area contributed by atoms with Crippen LogP contribution in [0, 0.1) is 5.92 Å². The molecule has 0 radical (unpaired) electrons. The van der Waals surface area contributed by atoms with Gasteiger partial charge in [-0.2, -0.15) is 4.37 Å². The van der Waals surface area contributed by atoms with Crippen LogP contribution in [0.1, 0.15) is 44.0 Å². The minimum absolute atomic E-state index is 0.0429. The molecule has 0 spiro atoms. The van der Waals surface area contributed by atoms with Gasteiger partial charge in [-0.05, 0) is 37.0 Å². The first-order chi connectivity index (χ1) is 13.2. The average molecular weight is 389 g/mol. The highest BCUT2D eigenvalue weighted by atomic mass is 32.1. The number of ether oxygens (including phenoxy) is 1. The van der Waals surface area contributed by atoms with Crippen molar-refractivity contribution in [3.8, 4) is 5.75 Å². The number of carbonyl (C=O) groups is 1. The normalized spacial score (nSPS) is 17.0. The second-order valence-corrected chi connectivity index (χ2v) is 7.68. The summed E-state index contributed by atoms with van der Waals surface area (Å²) in [6.07, 6.45) is 4.77. The maximum absolute atomic E-state index is 12.4. The maximum atomic E-state index is 12.4. The van der Waals surface area contributed by atoms with Crippen LogP contribution in [0.15, 0.2) is 24.3 Å². The van der Waals surface area contributed by atoms with Crippen molar-refractivity contribution >= 4 is 22.6 Å². The summed E-state index contributed by atoms with van der Waals surface area (Å²) in [4.78, 5) is 19.3. The molecular formula is C20H28N4O2S. The Morgan fingerprint density at radius 3 is 3.15 bits per heavy atom. The van der Waals surface area contributed by atoms with E-state index in [4.69, 9.17) is 9.72 Å². The number of benzene rings is 1. The molecule has 2 heterocycles. The summed E-state index contributed by atoms with van der Waals surface area (Å²) in [7, 11) is 1.67. The lowest BCUT2D eigenvalue weighted by atomic mass is 9.97. The molecule has 2 aromatic rings. The summed E-state index contributed by atoms with van der Waals surface area (Å²) in [5, 5.41) is 3.98. The molecule has 1 atom stereocenters. The number of piperidine rings is 1. The van der Waals surface area contributed by atoms with Crippen LogP contribution in [0.4, 0.5) is 5.13 Å². The summed E-state index contributed by atoms with van der Waals surface area (Å²) in [5.74, 6) is 1.88. The molecule has 1 N–H and O–H groups in total. The number of amides is 1. The van der Waals surface area contributed by atoms with Gasteiger partial charge in [-0.15, -0.1) is 0 Å². The lowest BCUT2D eigenvalue weighted by Gasteiger charge is -2.31. The summed E-state index contributed by atoms with van der Waals surface area (Å²) < 4.78 is 9.80.